The van der Waals surface area contributed by atoms with Gasteiger partial charge in [0.25, 0.3) is 5.91 Å². The summed E-state index contributed by atoms with van der Waals surface area (Å²) in [5, 5.41) is 19.5. The zero-order chi connectivity index (χ0) is 15.1. The van der Waals surface area contributed by atoms with Crippen molar-refractivity contribution in [3.63, 3.8) is 0 Å². The molecule has 0 fully saturated rings. The predicted molar refractivity (Wildman–Crippen MR) is 75.5 cm³/mol. The molecule has 6 heteroatoms. The molecule has 1 atom stereocenters. The maximum absolute atomic E-state index is 13.5. The van der Waals surface area contributed by atoms with E-state index >= 15 is 0 Å². The molecule has 0 aromatic heterocycles. The minimum atomic E-state index is -1.50. The van der Waals surface area contributed by atoms with Gasteiger partial charge in [-0.05, 0) is 59.5 Å². The van der Waals surface area contributed by atoms with E-state index in [1.165, 1.54) is 24.8 Å². The first-order valence-corrected chi connectivity index (χ1v) is 7.15. The molecule has 2 rings (SSSR count). The second-order valence-electron chi connectivity index (χ2n) is 5.60. The van der Waals surface area contributed by atoms with Crippen LogP contribution in [0, 0.1) is 5.82 Å². The SMILES string of the molecule is CC(C)(O)C(O)C(=O)N1CCc2cc(Br)c(F)cc2C1. The van der Waals surface area contributed by atoms with E-state index in [4.69, 9.17) is 0 Å². The molecule has 20 heavy (non-hydrogen) atoms. The maximum atomic E-state index is 13.5. The summed E-state index contributed by atoms with van der Waals surface area (Å²) >= 11 is 3.14. The van der Waals surface area contributed by atoms with Crippen molar-refractivity contribution in [3.05, 3.63) is 33.5 Å². The molecule has 0 radical (unpaired) electrons. The van der Waals surface area contributed by atoms with Gasteiger partial charge in [0, 0.05) is 13.1 Å². The van der Waals surface area contributed by atoms with Gasteiger partial charge < -0.3 is 15.1 Å². The standard InChI is InChI=1S/C14H17BrFNO3/c1-14(2,20)12(18)13(19)17-4-3-8-5-10(15)11(16)6-9(8)7-17/h5-6,12,18,20H,3-4,7H2,1-2H3. The summed E-state index contributed by atoms with van der Waals surface area (Å²) in [6, 6.07) is 3.12. The number of carbonyl (C=O) groups is 1. The van der Waals surface area contributed by atoms with Gasteiger partial charge in [-0.15, -0.1) is 0 Å². The van der Waals surface area contributed by atoms with Crippen molar-refractivity contribution >= 4 is 21.8 Å². The van der Waals surface area contributed by atoms with Crippen LogP contribution in [0.3, 0.4) is 0 Å². The topological polar surface area (TPSA) is 60.8 Å². The highest BCUT2D eigenvalue weighted by Gasteiger charge is 2.35. The third kappa shape index (κ3) is 3.02. The Morgan fingerprint density at radius 2 is 2.10 bits per heavy atom. The third-order valence-corrected chi connectivity index (χ3v) is 4.08. The smallest absolute Gasteiger partial charge is 0.254 e. The molecule has 110 valence electrons. The van der Waals surface area contributed by atoms with Crippen LogP contribution in [0.5, 0.6) is 0 Å². The van der Waals surface area contributed by atoms with Crippen molar-refractivity contribution in [2.45, 2.75) is 38.5 Å². The number of aliphatic hydroxyl groups excluding tert-OH is 1. The summed E-state index contributed by atoms with van der Waals surface area (Å²) in [7, 11) is 0. The molecule has 1 amide bonds. The van der Waals surface area contributed by atoms with Crippen LogP contribution in [0.4, 0.5) is 4.39 Å². The Morgan fingerprint density at radius 1 is 1.45 bits per heavy atom. The molecule has 0 spiro atoms. The fourth-order valence-corrected chi connectivity index (χ4v) is 2.60. The highest BCUT2D eigenvalue weighted by atomic mass is 79.9. The highest BCUT2D eigenvalue weighted by molar-refractivity contribution is 9.10. The number of amides is 1. The van der Waals surface area contributed by atoms with Crippen LogP contribution in [0.2, 0.25) is 0 Å². The van der Waals surface area contributed by atoms with E-state index in [2.05, 4.69) is 15.9 Å². The molecule has 2 N–H and O–H groups in total. The number of hydrogen-bond donors (Lipinski definition) is 2. The van der Waals surface area contributed by atoms with E-state index in [0.29, 0.717) is 17.4 Å². The van der Waals surface area contributed by atoms with Gasteiger partial charge in [-0.2, -0.15) is 0 Å². The van der Waals surface area contributed by atoms with Crippen LogP contribution in [0.1, 0.15) is 25.0 Å². The fraction of sp³-hybridized carbons (Fsp3) is 0.500. The molecule has 1 aromatic rings. The zero-order valence-electron chi connectivity index (χ0n) is 11.4. The quantitative estimate of drug-likeness (QED) is 0.855. The Morgan fingerprint density at radius 3 is 2.70 bits per heavy atom. The van der Waals surface area contributed by atoms with Crippen LogP contribution in [-0.2, 0) is 17.8 Å². The monoisotopic (exact) mass is 345 g/mol. The van der Waals surface area contributed by atoms with E-state index < -0.39 is 17.6 Å². The number of nitrogens with zero attached hydrogens (tertiary/aromatic N) is 1. The summed E-state index contributed by atoms with van der Waals surface area (Å²) in [5.74, 6) is -0.910. The lowest BCUT2D eigenvalue weighted by molar-refractivity contribution is -0.153. The van der Waals surface area contributed by atoms with Crippen molar-refractivity contribution in [2.75, 3.05) is 6.54 Å². The molecule has 4 nitrogen and oxygen atoms in total. The van der Waals surface area contributed by atoms with E-state index in [0.717, 1.165) is 11.1 Å². The molecule has 1 heterocycles. The fourth-order valence-electron chi connectivity index (χ4n) is 2.21. The lowest BCUT2D eigenvalue weighted by Gasteiger charge is -2.33. The Hall–Kier alpha value is -0.980. The van der Waals surface area contributed by atoms with Crippen molar-refractivity contribution in [1.29, 1.82) is 0 Å². The Balaban J connectivity index is 2.19. The molecule has 0 aliphatic carbocycles. The molecule has 0 bridgehead atoms. The first-order chi connectivity index (χ1) is 9.20. The maximum Gasteiger partial charge on any atom is 0.254 e. The van der Waals surface area contributed by atoms with Crippen molar-refractivity contribution < 1.29 is 19.4 Å². The molecule has 0 saturated carbocycles. The average molecular weight is 346 g/mol. The van der Waals surface area contributed by atoms with Gasteiger partial charge in [0.2, 0.25) is 0 Å². The molecule has 1 aliphatic heterocycles. The molecule has 1 unspecified atom stereocenters. The first-order valence-electron chi connectivity index (χ1n) is 6.36. The van der Waals surface area contributed by atoms with Gasteiger partial charge >= 0.3 is 0 Å². The summed E-state index contributed by atoms with van der Waals surface area (Å²) in [6.45, 7) is 3.44. The Kier molecular flexibility index (Phi) is 4.18. The Bertz CT molecular complexity index is 542. The van der Waals surface area contributed by atoms with Gasteiger partial charge in [-0.25, -0.2) is 4.39 Å². The van der Waals surface area contributed by atoms with E-state index in [1.807, 2.05) is 0 Å². The van der Waals surface area contributed by atoms with Crippen LogP contribution >= 0.6 is 15.9 Å². The third-order valence-electron chi connectivity index (χ3n) is 3.47. The van der Waals surface area contributed by atoms with Crippen LogP contribution in [-0.4, -0.2) is 39.3 Å². The molecule has 0 saturated heterocycles. The normalized spacial score (nSPS) is 16.8. The number of halogens is 2. The van der Waals surface area contributed by atoms with Crippen LogP contribution < -0.4 is 0 Å². The van der Waals surface area contributed by atoms with E-state index in [9.17, 15) is 19.4 Å². The predicted octanol–water partition coefficient (Wildman–Crippen LogP) is 1.60. The lowest BCUT2D eigenvalue weighted by Crippen LogP contribution is -2.50. The summed E-state index contributed by atoms with van der Waals surface area (Å²) in [4.78, 5) is 13.6. The van der Waals surface area contributed by atoms with E-state index in [-0.39, 0.29) is 12.4 Å². The number of aliphatic hydroxyl groups is 2. The number of benzene rings is 1. The average Bonchev–Trinajstić information content (AvgIpc) is 2.37. The van der Waals surface area contributed by atoms with Gasteiger partial charge in [0.05, 0.1) is 10.1 Å². The second kappa shape index (κ2) is 5.42. The number of fused-ring (bicyclic) bond motifs is 1. The lowest BCUT2D eigenvalue weighted by atomic mass is 9.96. The zero-order valence-corrected chi connectivity index (χ0v) is 12.9. The second-order valence-corrected chi connectivity index (χ2v) is 6.46. The number of carbonyl (C=O) groups excluding carboxylic acids is 1. The van der Waals surface area contributed by atoms with Crippen molar-refractivity contribution in [2.24, 2.45) is 0 Å². The van der Waals surface area contributed by atoms with E-state index in [1.54, 1.807) is 6.07 Å². The Labute approximate surface area is 125 Å². The first kappa shape index (κ1) is 15.4. The van der Waals surface area contributed by atoms with Gasteiger partial charge in [-0.3, -0.25) is 4.79 Å². The van der Waals surface area contributed by atoms with Crippen molar-refractivity contribution in [1.82, 2.24) is 4.90 Å². The number of hydrogen-bond acceptors (Lipinski definition) is 3. The number of rotatable bonds is 2. The molecule has 1 aromatic carbocycles. The minimum absolute atomic E-state index is 0.242. The summed E-state index contributed by atoms with van der Waals surface area (Å²) in [6.07, 6.45) is -0.886. The van der Waals surface area contributed by atoms with Gasteiger partial charge in [0.15, 0.2) is 6.10 Å². The summed E-state index contributed by atoms with van der Waals surface area (Å²) < 4.78 is 14.0. The largest absolute Gasteiger partial charge is 0.387 e. The minimum Gasteiger partial charge on any atom is -0.387 e. The molecular formula is C14H17BrFNO3. The summed E-state index contributed by atoms with van der Waals surface area (Å²) in [5.41, 5.74) is 0.218. The van der Waals surface area contributed by atoms with Crippen LogP contribution in [0.15, 0.2) is 16.6 Å². The molecule has 1 aliphatic rings. The van der Waals surface area contributed by atoms with Crippen molar-refractivity contribution in [3.8, 4) is 0 Å². The highest BCUT2D eigenvalue weighted by Crippen LogP contribution is 2.26. The van der Waals surface area contributed by atoms with Gasteiger partial charge in [0.1, 0.15) is 5.82 Å². The molecular weight excluding hydrogens is 329 g/mol. The van der Waals surface area contributed by atoms with Crippen LogP contribution in [0.25, 0.3) is 0 Å². The van der Waals surface area contributed by atoms with Gasteiger partial charge in [-0.1, -0.05) is 0 Å².